The number of nitrogens with one attached hydrogen (secondary N) is 1. The molecule has 1 aromatic carbocycles. The molecule has 2 aromatic heterocycles. The van der Waals surface area contributed by atoms with Crippen LogP contribution in [0, 0.1) is 5.82 Å². The molecule has 0 radical (unpaired) electrons. The SMILES string of the molecule is CC(C)(N)[C@H](Nc1cc(C(F)(F)F)nc2ncnn12)c1ccc(C(F)(F)F)c(F)c1. The van der Waals surface area contributed by atoms with Gasteiger partial charge in [-0.05, 0) is 31.5 Å². The summed E-state index contributed by atoms with van der Waals surface area (Å²) in [4.78, 5) is 7.00. The molecule has 3 aromatic rings. The van der Waals surface area contributed by atoms with Crippen molar-refractivity contribution in [2.75, 3.05) is 5.32 Å². The number of benzene rings is 1. The summed E-state index contributed by atoms with van der Waals surface area (Å²) in [5.41, 5.74) is 2.11. The molecule has 3 N–H and O–H groups in total. The van der Waals surface area contributed by atoms with Gasteiger partial charge in [0.1, 0.15) is 18.0 Å². The quantitative estimate of drug-likeness (QED) is 0.600. The largest absolute Gasteiger partial charge is 0.433 e. The first-order valence-electron chi connectivity index (χ1n) is 8.38. The zero-order valence-electron chi connectivity index (χ0n) is 15.5. The highest BCUT2D eigenvalue weighted by molar-refractivity contribution is 5.48. The zero-order chi connectivity index (χ0) is 22.5. The number of alkyl halides is 6. The van der Waals surface area contributed by atoms with Gasteiger partial charge in [0.05, 0.1) is 11.6 Å². The van der Waals surface area contributed by atoms with Gasteiger partial charge in [-0.25, -0.2) is 9.37 Å². The maximum absolute atomic E-state index is 14.1. The molecule has 0 aliphatic carbocycles. The Bertz CT molecular complexity index is 1070. The van der Waals surface area contributed by atoms with Crippen molar-refractivity contribution in [3.05, 3.63) is 53.2 Å². The van der Waals surface area contributed by atoms with Crippen LogP contribution in [-0.4, -0.2) is 25.1 Å². The lowest BCUT2D eigenvalue weighted by Gasteiger charge is -2.33. The average molecular weight is 436 g/mol. The molecule has 0 saturated heterocycles. The fourth-order valence-electron chi connectivity index (χ4n) is 2.85. The predicted octanol–water partition coefficient (Wildman–Crippen LogP) is 4.19. The first-order valence-corrected chi connectivity index (χ1v) is 8.38. The minimum atomic E-state index is -4.90. The molecule has 30 heavy (non-hydrogen) atoms. The predicted molar refractivity (Wildman–Crippen MR) is 91.8 cm³/mol. The summed E-state index contributed by atoms with van der Waals surface area (Å²) >= 11 is 0. The summed E-state index contributed by atoms with van der Waals surface area (Å²) in [6.07, 6.45) is -8.71. The maximum atomic E-state index is 14.1. The highest BCUT2D eigenvalue weighted by Gasteiger charge is 2.37. The number of hydrogen-bond acceptors (Lipinski definition) is 5. The van der Waals surface area contributed by atoms with Crippen LogP contribution in [0.5, 0.6) is 0 Å². The first-order chi connectivity index (χ1) is 13.7. The second-order valence-electron chi connectivity index (χ2n) is 7.13. The van der Waals surface area contributed by atoms with Crippen molar-refractivity contribution >= 4 is 11.6 Å². The third-order valence-corrected chi connectivity index (χ3v) is 4.21. The van der Waals surface area contributed by atoms with Crippen molar-refractivity contribution in [2.45, 2.75) is 37.8 Å². The standard InChI is InChI=1S/C17H15F7N6/c1-15(2,25)13(8-3-4-9(10(18)5-8)16(19,20)21)29-12-6-11(17(22,23)24)28-14-26-7-27-30(12)14/h3-7,13,29H,25H2,1-2H3/t13-/m1/s1. The Balaban J connectivity index is 2.10. The minimum absolute atomic E-state index is 0.00774. The van der Waals surface area contributed by atoms with Crippen LogP contribution < -0.4 is 11.1 Å². The van der Waals surface area contributed by atoms with Crippen LogP contribution in [0.15, 0.2) is 30.6 Å². The maximum Gasteiger partial charge on any atom is 0.433 e. The lowest BCUT2D eigenvalue weighted by Crippen LogP contribution is -2.43. The van der Waals surface area contributed by atoms with Gasteiger partial charge < -0.3 is 11.1 Å². The summed E-state index contributed by atoms with van der Waals surface area (Å²) in [7, 11) is 0. The molecule has 0 aliphatic heterocycles. The molecule has 0 spiro atoms. The number of fused-ring (bicyclic) bond motifs is 1. The van der Waals surface area contributed by atoms with E-state index >= 15 is 0 Å². The lowest BCUT2D eigenvalue weighted by molar-refractivity contribution is -0.141. The molecule has 162 valence electrons. The summed E-state index contributed by atoms with van der Waals surface area (Å²) in [5, 5.41) is 6.49. The highest BCUT2D eigenvalue weighted by Crippen LogP contribution is 2.36. The van der Waals surface area contributed by atoms with E-state index in [1.165, 1.54) is 13.8 Å². The number of rotatable bonds is 4. The van der Waals surface area contributed by atoms with Crippen LogP contribution in [0.3, 0.4) is 0 Å². The third-order valence-electron chi connectivity index (χ3n) is 4.21. The van der Waals surface area contributed by atoms with Crippen LogP contribution in [0.25, 0.3) is 5.78 Å². The Morgan fingerprint density at radius 2 is 1.70 bits per heavy atom. The van der Waals surface area contributed by atoms with Gasteiger partial charge in [-0.3, -0.25) is 0 Å². The molecular weight excluding hydrogens is 421 g/mol. The minimum Gasteiger partial charge on any atom is -0.361 e. The lowest BCUT2D eigenvalue weighted by atomic mass is 9.89. The first kappa shape index (κ1) is 21.7. The van der Waals surface area contributed by atoms with Crippen molar-refractivity contribution < 1.29 is 30.7 Å². The number of nitrogens with zero attached hydrogens (tertiary/aromatic N) is 4. The van der Waals surface area contributed by atoms with E-state index in [0.29, 0.717) is 18.2 Å². The molecule has 0 aliphatic rings. The van der Waals surface area contributed by atoms with E-state index in [4.69, 9.17) is 5.73 Å². The van der Waals surface area contributed by atoms with E-state index in [9.17, 15) is 30.7 Å². The number of halogens is 7. The van der Waals surface area contributed by atoms with Crippen LogP contribution in [0.1, 0.15) is 36.7 Å². The fourth-order valence-corrected chi connectivity index (χ4v) is 2.85. The molecular formula is C17H15F7N6. The van der Waals surface area contributed by atoms with E-state index in [2.05, 4.69) is 20.4 Å². The van der Waals surface area contributed by atoms with E-state index in [1.54, 1.807) is 0 Å². The molecule has 0 saturated carbocycles. The Morgan fingerprint density at radius 3 is 2.23 bits per heavy atom. The summed E-state index contributed by atoms with van der Waals surface area (Å²) < 4.78 is 93.1. The van der Waals surface area contributed by atoms with Gasteiger partial charge in [0.25, 0.3) is 5.78 Å². The molecule has 6 nitrogen and oxygen atoms in total. The van der Waals surface area contributed by atoms with Crippen molar-refractivity contribution in [3.8, 4) is 0 Å². The van der Waals surface area contributed by atoms with Crippen molar-refractivity contribution in [3.63, 3.8) is 0 Å². The second kappa shape index (κ2) is 7.07. The normalized spacial score (nSPS) is 14.2. The van der Waals surface area contributed by atoms with Gasteiger partial charge in [0.2, 0.25) is 0 Å². The topological polar surface area (TPSA) is 81.1 Å². The average Bonchev–Trinajstić information content (AvgIpc) is 3.05. The van der Waals surface area contributed by atoms with Crippen LogP contribution in [-0.2, 0) is 12.4 Å². The van der Waals surface area contributed by atoms with E-state index in [0.717, 1.165) is 16.9 Å². The Morgan fingerprint density at radius 1 is 1.03 bits per heavy atom. The third kappa shape index (κ3) is 4.30. The molecule has 0 bridgehead atoms. The Labute approximate surface area is 164 Å². The van der Waals surface area contributed by atoms with Crippen molar-refractivity contribution in [1.82, 2.24) is 19.6 Å². The van der Waals surface area contributed by atoms with Crippen molar-refractivity contribution in [1.29, 1.82) is 0 Å². The second-order valence-corrected chi connectivity index (χ2v) is 7.13. The number of aromatic nitrogens is 4. The molecule has 13 heteroatoms. The molecule has 0 unspecified atom stereocenters. The van der Waals surface area contributed by atoms with Gasteiger partial charge in [0, 0.05) is 11.6 Å². The molecule has 2 heterocycles. The molecule has 1 atom stereocenters. The van der Waals surface area contributed by atoms with Gasteiger partial charge in [-0.2, -0.15) is 40.9 Å². The molecule has 0 amide bonds. The summed E-state index contributed by atoms with van der Waals surface area (Å²) in [6, 6.07) is 1.75. The van der Waals surface area contributed by atoms with E-state index in [-0.39, 0.29) is 17.2 Å². The zero-order valence-corrected chi connectivity index (χ0v) is 15.5. The van der Waals surface area contributed by atoms with Crippen LogP contribution in [0.2, 0.25) is 0 Å². The summed E-state index contributed by atoms with van der Waals surface area (Å²) in [5.74, 6) is -2.12. The Hall–Kier alpha value is -2.96. The van der Waals surface area contributed by atoms with Gasteiger partial charge in [-0.1, -0.05) is 6.07 Å². The Kier molecular flexibility index (Phi) is 5.13. The van der Waals surface area contributed by atoms with Crippen LogP contribution in [0.4, 0.5) is 36.6 Å². The van der Waals surface area contributed by atoms with Gasteiger partial charge in [0.15, 0.2) is 5.69 Å². The highest BCUT2D eigenvalue weighted by atomic mass is 19.4. The fraction of sp³-hybridized carbons (Fsp3) is 0.353. The summed E-state index contributed by atoms with van der Waals surface area (Å²) in [6.45, 7) is 2.95. The van der Waals surface area contributed by atoms with E-state index in [1.807, 2.05) is 0 Å². The number of hydrogen-bond donors (Lipinski definition) is 2. The molecule has 3 rings (SSSR count). The van der Waals surface area contributed by atoms with E-state index < -0.39 is 41.0 Å². The van der Waals surface area contributed by atoms with Gasteiger partial charge >= 0.3 is 12.4 Å². The monoisotopic (exact) mass is 436 g/mol. The van der Waals surface area contributed by atoms with Gasteiger partial charge in [-0.15, -0.1) is 0 Å². The number of anilines is 1. The van der Waals surface area contributed by atoms with Crippen LogP contribution >= 0.6 is 0 Å². The smallest absolute Gasteiger partial charge is 0.361 e. The van der Waals surface area contributed by atoms with Crippen molar-refractivity contribution in [2.24, 2.45) is 5.73 Å². The number of nitrogens with two attached hydrogens (primary N) is 1. The molecule has 0 fully saturated rings.